The fourth-order valence-corrected chi connectivity index (χ4v) is 3.59. The van der Waals surface area contributed by atoms with E-state index in [1.165, 1.54) is 25.3 Å². The van der Waals surface area contributed by atoms with Gasteiger partial charge in [0.2, 0.25) is 5.78 Å². The molecule has 4 heteroatoms. The van der Waals surface area contributed by atoms with Crippen LogP contribution < -0.4 is 0 Å². The molecule has 0 fully saturated rings. The largest absolute Gasteiger partial charge is 0.504 e. The molecule has 138 valence electrons. The van der Waals surface area contributed by atoms with Crippen molar-refractivity contribution in [1.82, 2.24) is 0 Å². The summed E-state index contributed by atoms with van der Waals surface area (Å²) >= 11 is 0. The second-order valence-corrected chi connectivity index (χ2v) is 7.31. The van der Waals surface area contributed by atoms with E-state index in [0.717, 1.165) is 30.4 Å². The maximum Gasteiger partial charge on any atom is 0.320 e. The van der Waals surface area contributed by atoms with Crippen LogP contribution in [-0.2, 0) is 14.3 Å². The van der Waals surface area contributed by atoms with E-state index in [9.17, 15) is 14.7 Å². The lowest BCUT2D eigenvalue weighted by Crippen LogP contribution is -2.39. The third kappa shape index (κ3) is 4.23. The fourth-order valence-electron chi connectivity index (χ4n) is 3.59. The lowest BCUT2D eigenvalue weighted by molar-refractivity contribution is -0.151. The van der Waals surface area contributed by atoms with Crippen molar-refractivity contribution in [2.24, 2.45) is 5.41 Å². The average Bonchev–Trinajstić information content (AvgIpc) is 2.59. The highest BCUT2D eigenvalue weighted by atomic mass is 16.5. The van der Waals surface area contributed by atoms with Gasteiger partial charge in [-0.05, 0) is 39.2 Å². The number of ketones is 1. The molecule has 2 rings (SSSR count). The topological polar surface area (TPSA) is 63.6 Å². The van der Waals surface area contributed by atoms with Gasteiger partial charge in [0.15, 0.2) is 5.76 Å². The zero-order valence-electron chi connectivity index (χ0n) is 15.7. The van der Waals surface area contributed by atoms with Gasteiger partial charge in [-0.15, -0.1) is 0 Å². The summed E-state index contributed by atoms with van der Waals surface area (Å²) in [7, 11) is 0. The van der Waals surface area contributed by atoms with Gasteiger partial charge in [-0.2, -0.15) is 0 Å². The van der Waals surface area contributed by atoms with Crippen molar-refractivity contribution >= 4 is 11.8 Å². The molecule has 0 amide bonds. The zero-order valence-corrected chi connectivity index (χ0v) is 15.7. The summed E-state index contributed by atoms with van der Waals surface area (Å²) < 4.78 is 5.55. The first-order valence-electron chi connectivity index (χ1n) is 9.41. The molecule has 0 aromatic rings. The maximum atomic E-state index is 12.8. The summed E-state index contributed by atoms with van der Waals surface area (Å²) in [5.41, 5.74) is 1.70. The van der Waals surface area contributed by atoms with Crippen LogP contribution in [0.1, 0.15) is 72.1 Å². The number of esters is 1. The molecule has 1 N–H and O–H groups in total. The number of hydrogen-bond donors (Lipinski definition) is 1. The van der Waals surface area contributed by atoms with Crippen LogP contribution in [0.15, 0.2) is 34.6 Å². The van der Waals surface area contributed by atoms with Crippen molar-refractivity contribution in [1.29, 1.82) is 0 Å². The number of ether oxygens (including phenoxy) is 1. The van der Waals surface area contributed by atoms with E-state index < -0.39 is 11.2 Å². The van der Waals surface area contributed by atoms with Gasteiger partial charge >= 0.3 is 5.97 Å². The number of fused-ring (bicyclic) bond motifs is 1. The van der Waals surface area contributed by atoms with Crippen LogP contribution in [0, 0.1) is 5.41 Å². The monoisotopic (exact) mass is 346 g/mol. The number of allylic oxidation sites excluding steroid dienone is 3. The SMILES string of the molecule is CCCCCCCCOC(=O)[C@@]12C=CC(=O)C(O)=C1CC(C)=C(C)C2. The molecule has 1 atom stereocenters. The normalized spacial score (nSPS) is 23.1. The molecule has 4 nitrogen and oxygen atoms in total. The zero-order chi connectivity index (χ0) is 18.4. The molecule has 0 aromatic carbocycles. The first-order valence-corrected chi connectivity index (χ1v) is 9.41. The van der Waals surface area contributed by atoms with E-state index >= 15 is 0 Å². The highest BCUT2D eigenvalue weighted by Gasteiger charge is 2.48. The number of unbranched alkanes of at least 4 members (excludes halogenated alkanes) is 5. The third-order valence-corrected chi connectivity index (χ3v) is 5.39. The lowest BCUT2D eigenvalue weighted by atomic mass is 9.65. The van der Waals surface area contributed by atoms with E-state index in [4.69, 9.17) is 4.74 Å². The first kappa shape index (κ1) is 19.5. The van der Waals surface area contributed by atoms with E-state index in [2.05, 4.69) is 6.92 Å². The van der Waals surface area contributed by atoms with E-state index in [0.29, 0.717) is 25.0 Å². The van der Waals surface area contributed by atoms with Gasteiger partial charge in [-0.25, -0.2) is 0 Å². The average molecular weight is 346 g/mol. The van der Waals surface area contributed by atoms with Crippen LogP contribution in [0.5, 0.6) is 0 Å². The van der Waals surface area contributed by atoms with Crippen molar-refractivity contribution in [3.63, 3.8) is 0 Å². The Hall–Kier alpha value is -1.84. The van der Waals surface area contributed by atoms with Crippen LogP contribution in [0.2, 0.25) is 0 Å². The number of hydrogen-bond acceptors (Lipinski definition) is 4. The van der Waals surface area contributed by atoms with Gasteiger partial charge in [-0.3, -0.25) is 9.59 Å². The molecule has 0 heterocycles. The van der Waals surface area contributed by atoms with Crippen molar-refractivity contribution in [3.05, 3.63) is 34.6 Å². The molecule has 0 saturated heterocycles. The second kappa shape index (κ2) is 8.50. The molecule has 2 aliphatic rings. The van der Waals surface area contributed by atoms with Crippen LogP contribution in [0.3, 0.4) is 0 Å². The quantitative estimate of drug-likeness (QED) is 0.383. The Kier molecular flexibility index (Phi) is 6.63. The summed E-state index contributed by atoms with van der Waals surface area (Å²) in [6.45, 7) is 6.55. The highest BCUT2D eigenvalue weighted by molar-refractivity contribution is 6.06. The summed E-state index contributed by atoms with van der Waals surface area (Å²) in [6, 6.07) is 0. The van der Waals surface area contributed by atoms with Gasteiger partial charge in [0, 0.05) is 5.57 Å². The van der Waals surface area contributed by atoms with E-state index in [1.807, 2.05) is 13.8 Å². The Morgan fingerprint density at radius 2 is 1.84 bits per heavy atom. The number of rotatable bonds is 8. The predicted octanol–water partition coefficient (Wildman–Crippen LogP) is 4.96. The molecule has 0 radical (unpaired) electrons. The number of aliphatic hydroxyl groups excluding tert-OH is 1. The van der Waals surface area contributed by atoms with Gasteiger partial charge in [-0.1, -0.05) is 56.3 Å². The summed E-state index contributed by atoms with van der Waals surface area (Å²) in [5.74, 6) is -1.06. The molecular weight excluding hydrogens is 316 g/mol. The molecule has 0 saturated carbocycles. The van der Waals surface area contributed by atoms with Crippen LogP contribution in [0.4, 0.5) is 0 Å². The van der Waals surface area contributed by atoms with Crippen LogP contribution >= 0.6 is 0 Å². The second-order valence-electron chi connectivity index (χ2n) is 7.31. The van der Waals surface area contributed by atoms with Crippen molar-refractivity contribution in [2.45, 2.75) is 72.1 Å². The van der Waals surface area contributed by atoms with E-state index in [1.54, 1.807) is 6.08 Å². The predicted molar refractivity (Wildman–Crippen MR) is 98.2 cm³/mol. The Bertz CT molecular complexity index is 624. The molecule has 0 aromatic heterocycles. The van der Waals surface area contributed by atoms with Crippen molar-refractivity contribution in [2.75, 3.05) is 6.61 Å². The molecule has 0 spiro atoms. The smallest absolute Gasteiger partial charge is 0.320 e. The van der Waals surface area contributed by atoms with Crippen LogP contribution in [-0.4, -0.2) is 23.5 Å². The highest BCUT2D eigenvalue weighted by Crippen LogP contribution is 2.48. The maximum absolute atomic E-state index is 12.8. The van der Waals surface area contributed by atoms with Gasteiger partial charge in [0.1, 0.15) is 5.41 Å². The molecule has 0 unspecified atom stereocenters. The number of carbonyl (C=O) groups is 2. The van der Waals surface area contributed by atoms with Crippen LogP contribution in [0.25, 0.3) is 0 Å². The third-order valence-electron chi connectivity index (χ3n) is 5.39. The minimum absolute atomic E-state index is 0.286. The lowest BCUT2D eigenvalue weighted by Gasteiger charge is -2.38. The molecule has 2 aliphatic carbocycles. The van der Waals surface area contributed by atoms with Gasteiger partial charge < -0.3 is 9.84 Å². The Balaban J connectivity index is 2.03. The standard InChI is InChI=1S/C21H30O4/c1-4-5-6-7-8-9-12-25-20(24)21-11-10-18(22)19(23)17(21)13-15(2)16(3)14-21/h10-11,23H,4-9,12-14H2,1-3H3/t21-/m1/s1. The summed E-state index contributed by atoms with van der Waals surface area (Å²) in [5, 5.41) is 10.2. The number of aliphatic hydroxyl groups is 1. The Morgan fingerprint density at radius 3 is 2.56 bits per heavy atom. The minimum atomic E-state index is -1.01. The summed E-state index contributed by atoms with van der Waals surface area (Å²) in [6.07, 6.45) is 10.6. The summed E-state index contributed by atoms with van der Waals surface area (Å²) in [4.78, 5) is 24.7. The fraction of sp³-hybridized carbons (Fsp3) is 0.619. The number of carbonyl (C=O) groups excluding carboxylic acids is 2. The molecule has 25 heavy (non-hydrogen) atoms. The minimum Gasteiger partial charge on any atom is -0.504 e. The van der Waals surface area contributed by atoms with Crippen molar-refractivity contribution < 1.29 is 19.4 Å². The molecule has 0 aliphatic heterocycles. The first-order chi connectivity index (χ1) is 11.9. The molecule has 0 bridgehead atoms. The Labute approximate surface area is 150 Å². The van der Waals surface area contributed by atoms with Gasteiger partial charge in [0.05, 0.1) is 6.61 Å². The van der Waals surface area contributed by atoms with E-state index in [-0.39, 0.29) is 11.7 Å². The van der Waals surface area contributed by atoms with Gasteiger partial charge in [0.25, 0.3) is 0 Å². The molecular formula is C21H30O4. The Morgan fingerprint density at radius 1 is 1.16 bits per heavy atom. The van der Waals surface area contributed by atoms with Crippen molar-refractivity contribution in [3.8, 4) is 0 Å².